The number of carbonyl (C=O) groups excluding carboxylic acids is 2. The fourth-order valence-corrected chi connectivity index (χ4v) is 3.01. The molecule has 1 aliphatic rings. The van der Waals surface area contributed by atoms with E-state index in [0.29, 0.717) is 11.5 Å². The van der Waals surface area contributed by atoms with Crippen LogP contribution < -0.4 is 5.32 Å². The molecule has 0 aliphatic carbocycles. The first-order valence-corrected chi connectivity index (χ1v) is 8.30. The number of amides is 3. The summed E-state index contributed by atoms with van der Waals surface area (Å²) in [7, 11) is 0. The largest absolute Gasteiger partial charge is 0.325 e. The minimum absolute atomic E-state index is 0.116. The van der Waals surface area contributed by atoms with Gasteiger partial charge in [-0.2, -0.15) is 0 Å². The highest BCUT2D eigenvalue weighted by Gasteiger charge is 2.48. The van der Waals surface area contributed by atoms with Crippen LogP contribution in [0.25, 0.3) is 0 Å². The van der Waals surface area contributed by atoms with Crippen LogP contribution in [-0.4, -0.2) is 16.8 Å². The number of nitrogens with one attached hydrogen (secondary N) is 1. The molecule has 1 fully saturated rings. The molecular formula is C20H21FN2O2. The molecule has 5 heteroatoms. The molecule has 1 saturated heterocycles. The van der Waals surface area contributed by atoms with Gasteiger partial charge in [-0.25, -0.2) is 9.18 Å². The third kappa shape index (κ3) is 3.14. The normalized spacial score (nSPS) is 20.3. The van der Waals surface area contributed by atoms with Gasteiger partial charge in [-0.15, -0.1) is 0 Å². The molecule has 0 aromatic heterocycles. The Balaban J connectivity index is 1.85. The highest BCUT2D eigenvalue weighted by Crippen LogP contribution is 2.30. The molecule has 3 amide bonds. The van der Waals surface area contributed by atoms with E-state index in [0.717, 1.165) is 5.56 Å². The number of imide groups is 1. The number of urea groups is 1. The Morgan fingerprint density at radius 2 is 1.64 bits per heavy atom. The van der Waals surface area contributed by atoms with Gasteiger partial charge in [0.25, 0.3) is 5.91 Å². The highest BCUT2D eigenvalue weighted by molar-refractivity contribution is 6.07. The summed E-state index contributed by atoms with van der Waals surface area (Å²) in [6.07, 6.45) is 0. The van der Waals surface area contributed by atoms with Crippen LogP contribution in [0.3, 0.4) is 0 Å². The Morgan fingerprint density at radius 3 is 2.20 bits per heavy atom. The summed E-state index contributed by atoms with van der Waals surface area (Å²) in [5, 5.41) is 2.79. The van der Waals surface area contributed by atoms with Crippen LogP contribution in [0.4, 0.5) is 9.18 Å². The smallest absolute Gasteiger partial charge is 0.319 e. The van der Waals surface area contributed by atoms with E-state index in [1.807, 2.05) is 24.3 Å². The average Bonchev–Trinajstić information content (AvgIpc) is 2.81. The Morgan fingerprint density at radius 1 is 1.04 bits per heavy atom. The van der Waals surface area contributed by atoms with Crippen molar-refractivity contribution in [2.75, 3.05) is 0 Å². The maximum absolute atomic E-state index is 13.0. The Bertz CT molecular complexity index is 799. The van der Waals surface area contributed by atoms with Crippen molar-refractivity contribution in [1.82, 2.24) is 10.2 Å². The summed E-state index contributed by atoms with van der Waals surface area (Å²) < 4.78 is 13.0. The zero-order valence-corrected chi connectivity index (χ0v) is 14.5. The van der Waals surface area contributed by atoms with E-state index in [2.05, 4.69) is 19.2 Å². The summed E-state index contributed by atoms with van der Waals surface area (Å²) in [6, 6.07) is 13.1. The second-order valence-electron chi connectivity index (χ2n) is 6.85. The van der Waals surface area contributed by atoms with Gasteiger partial charge in [0.05, 0.1) is 6.54 Å². The van der Waals surface area contributed by atoms with Gasteiger partial charge in [-0.3, -0.25) is 9.69 Å². The number of rotatable bonds is 4. The summed E-state index contributed by atoms with van der Waals surface area (Å²) in [5.74, 6) is -0.263. The standard InChI is InChI=1S/C20H21FN2O2/c1-13(2)15-6-8-16(9-7-15)20(3)18(24)23(19(25)22-20)12-14-4-10-17(21)11-5-14/h4-11,13H,12H2,1-3H3,(H,22,25)/t20-/m0/s1. The van der Waals surface area contributed by atoms with E-state index in [9.17, 15) is 14.0 Å². The van der Waals surface area contributed by atoms with Crippen molar-refractivity contribution in [3.8, 4) is 0 Å². The predicted molar refractivity (Wildman–Crippen MR) is 93.4 cm³/mol. The molecule has 1 N–H and O–H groups in total. The van der Waals surface area contributed by atoms with Gasteiger partial charge in [-0.1, -0.05) is 50.2 Å². The Kier molecular flexibility index (Phi) is 4.33. The van der Waals surface area contributed by atoms with E-state index in [4.69, 9.17) is 0 Å². The van der Waals surface area contributed by atoms with Crippen LogP contribution in [0.15, 0.2) is 48.5 Å². The first-order valence-electron chi connectivity index (χ1n) is 8.30. The van der Waals surface area contributed by atoms with Gasteiger partial charge < -0.3 is 5.32 Å². The molecule has 1 heterocycles. The second-order valence-corrected chi connectivity index (χ2v) is 6.85. The van der Waals surface area contributed by atoms with Crippen LogP contribution in [-0.2, 0) is 16.9 Å². The third-order valence-electron chi connectivity index (χ3n) is 4.68. The zero-order valence-electron chi connectivity index (χ0n) is 14.5. The summed E-state index contributed by atoms with van der Waals surface area (Å²) >= 11 is 0. The van der Waals surface area contributed by atoms with Crippen LogP contribution >= 0.6 is 0 Å². The molecule has 0 saturated carbocycles. The fraction of sp³-hybridized carbons (Fsp3) is 0.300. The van der Waals surface area contributed by atoms with Crippen LogP contribution in [0.1, 0.15) is 43.4 Å². The Hall–Kier alpha value is -2.69. The monoisotopic (exact) mass is 340 g/mol. The number of carbonyl (C=O) groups is 2. The lowest BCUT2D eigenvalue weighted by atomic mass is 9.90. The van der Waals surface area contributed by atoms with Crippen molar-refractivity contribution in [3.63, 3.8) is 0 Å². The Labute approximate surface area is 146 Å². The summed E-state index contributed by atoms with van der Waals surface area (Å²) in [6.45, 7) is 6.03. The van der Waals surface area contributed by atoms with Crippen molar-refractivity contribution < 1.29 is 14.0 Å². The molecule has 0 unspecified atom stereocenters. The quantitative estimate of drug-likeness (QED) is 0.858. The van der Waals surface area contributed by atoms with Crippen molar-refractivity contribution >= 4 is 11.9 Å². The molecule has 1 aliphatic heterocycles. The van der Waals surface area contributed by atoms with E-state index in [1.165, 1.54) is 22.6 Å². The molecule has 0 spiro atoms. The molecular weight excluding hydrogens is 319 g/mol. The lowest BCUT2D eigenvalue weighted by molar-refractivity contribution is -0.131. The SMILES string of the molecule is CC(C)c1ccc([C@]2(C)NC(=O)N(Cc3ccc(F)cc3)C2=O)cc1. The van der Waals surface area contributed by atoms with Crippen molar-refractivity contribution in [1.29, 1.82) is 0 Å². The molecule has 2 aromatic carbocycles. The van der Waals surface area contributed by atoms with Gasteiger partial charge in [0, 0.05) is 0 Å². The molecule has 1 atom stereocenters. The second kappa shape index (κ2) is 6.31. The number of halogens is 1. The fourth-order valence-electron chi connectivity index (χ4n) is 3.01. The third-order valence-corrected chi connectivity index (χ3v) is 4.68. The molecule has 4 nitrogen and oxygen atoms in total. The van der Waals surface area contributed by atoms with Crippen LogP contribution in [0, 0.1) is 5.82 Å². The van der Waals surface area contributed by atoms with Gasteiger partial charge >= 0.3 is 6.03 Å². The highest BCUT2D eigenvalue weighted by atomic mass is 19.1. The van der Waals surface area contributed by atoms with E-state index < -0.39 is 11.6 Å². The van der Waals surface area contributed by atoms with E-state index in [-0.39, 0.29) is 18.3 Å². The number of hydrogen-bond donors (Lipinski definition) is 1. The molecule has 0 radical (unpaired) electrons. The minimum atomic E-state index is -1.09. The van der Waals surface area contributed by atoms with Crippen molar-refractivity contribution in [2.45, 2.75) is 38.8 Å². The van der Waals surface area contributed by atoms with Crippen LogP contribution in [0.2, 0.25) is 0 Å². The lowest BCUT2D eigenvalue weighted by Crippen LogP contribution is -2.40. The number of nitrogens with zero attached hydrogens (tertiary/aromatic N) is 1. The van der Waals surface area contributed by atoms with Crippen molar-refractivity contribution in [2.24, 2.45) is 0 Å². The minimum Gasteiger partial charge on any atom is -0.319 e. The molecule has 25 heavy (non-hydrogen) atoms. The number of hydrogen-bond acceptors (Lipinski definition) is 2. The first-order chi connectivity index (χ1) is 11.8. The maximum atomic E-state index is 13.0. The molecule has 3 rings (SSSR count). The molecule has 130 valence electrons. The lowest BCUT2D eigenvalue weighted by Gasteiger charge is -2.23. The van der Waals surface area contributed by atoms with Gasteiger partial charge in [-0.05, 0) is 41.7 Å². The van der Waals surface area contributed by atoms with Crippen LogP contribution in [0.5, 0.6) is 0 Å². The summed E-state index contributed by atoms with van der Waals surface area (Å²) in [4.78, 5) is 26.4. The van der Waals surface area contributed by atoms with E-state index >= 15 is 0 Å². The predicted octanol–water partition coefficient (Wildman–Crippen LogP) is 3.92. The molecule has 2 aromatic rings. The van der Waals surface area contributed by atoms with Crippen molar-refractivity contribution in [3.05, 3.63) is 71.0 Å². The zero-order chi connectivity index (χ0) is 18.2. The topological polar surface area (TPSA) is 49.4 Å². The van der Waals surface area contributed by atoms with Gasteiger partial charge in [0.2, 0.25) is 0 Å². The first kappa shape index (κ1) is 17.1. The molecule has 0 bridgehead atoms. The van der Waals surface area contributed by atoms with E-state index in [1.54, 1.807) is 19.1 Å². The number of benzene rings is 2. The van der Waals surface area contributed by atoms with Gasteiger partial charge in [0.15, 0.2) is 0 Å². The summed E-state index contributed by atoms with van der Waals surface area (Å²) in [5.41, 5.74) is 1.53. The average molecular weight is 340 g/mol. The van der Waals surface area contributed by atoms with Gasteiger partial charge in [0.1, 0.15) is 11.4 Å². The maximum Gasteiger partial charge on any atom is 0.325 e.